The van der Waals surface area contributed by atoms with Crippen molar-refractivity contribution >= 4 is 17.5 Å². The minimum atomic E-state index is -0.265. The summed E-state index contributed by atoms with van der Waals surface area (Å²) in [6, 6.07) is 8.76. The molecule has 2 amide bonds. The lowest BCUT2D eigenvalue weighted by Crippen LogP contribution is -2.41. The number of nitrogens with one attached hydrogen (secondary N) is 2. The van der Waals surface area contributed by atoms with Gasteiger partial charge in [0.1, 0.15) is 0 Å². The summed E-state index contributed by atoms with van der Waals surface area (Å²) in [7, 11) is 0. The Hall–Kier alpha value is -2.73. The van der Waals surface area contributed by atoms with Crippen LogP contribution in [0.3, 0.4) is 0 Å². The molecule has 0 radical (unpaired) electrons. The van der Waals surface area contributed by atoms with E-state index >= 15 is 0 Å². The van der Waals surface area contributed by atoms with Crippen LogP contribution < -0.4 is 10.6 Å². The molecule has 2 aliphatic heterocycles. The first-order valence-electron chi connectivity index (χ1n) is 8.89. The number of para-hydroxylation sites is 1. The molecule has 3 heterocycles. The Morgan fingerprint density at radius 2 is 1.92 bits per heavy atom. The first-order chi connectivity index (χ1) is 12.6. The molecule has 6 nitrogen and oxygen atoms in total. The third-order valence-electron chi connectivity index (χ3n) is 5.12. The number of nitrogens with zero attached hydrogens (tertiary/aromatic N) is 1. The average molecular weight is 351 g/mol. The number of fused-ring (bicyclic) bond motifs is 2. The smallest absolute Gasteiger partial charge is 0.255 e. The van der Waals surface area contributed by atoms with E-state index in [4.69, 9.17) is 4.74 Å². The van der Waals surface area contributed by atoms with Crippen LogP contribution in [-0.4, -0.2) is 35.0 Å². The number of carbonyl (C=O) groups is 2. The number of hydrogen-bond donors (Lipinski definition) is 2. The van der Waals surface area contributed by atoms with Crippen LogP contribution in [0.4, 0.5) is 5.69 Å². The van der Waals surface area contributed by atoms with Crippen molar-refractivity contribution in [1.29, 1.82) is 0 Å². The molecule has 0 aliphatic carbocycles. The number of anilines is 1. The van der Waals surface area contributed by atoms with Gasteiger partial charge in [-0.25, -0.2) is 0 Å². The van der Waals surface area contributed by atoms with Gasteiger partial charge in [0.05, 0.1) is 29.5 Å². The molecule has 1 aromatic carbocycles. The molecule has 0 spiro atoms. The van der Waals surface area contributed by atoms with E-state index in [1.807, 2.05) is 19.1 Å². The Labute approximate surface area is 152 Å². The van der Waals surface area contributed by atoms with Gasteiger partial charge in [-0.1, -0.05) is 12.1 Å². The highest BCUT2D eigenvalue weighted by Gasteiger charge is 2.41. The fraction of sp³-hybridized carbons (Fsp3) is 0.350. The highest BCUT2D eigenvalue weighted by atomic mass is 16.5. The van der Waals surface area contributed by atoms with Crippen LogP contribution in [0, 0.1) is 6.92 Å². The number of amides is 2. The molecule has 0 saturated carbocycles. The highest BCUT2D eigenvalue weighted by molar-refractivity contribution is 6.09. The van der Waals surface area contributed by atoms with Gasteiger partial charge in [-0.3, -0.25) is 14.6 Å². The van der Waals surface area contributed by atoms with Crippen molar-refractivity contribution in [2.75, 3.05) is 5.32 Å². The van der Waals surface area contributed by atoms with Crippen LogP contribution in [0.15, 0.2) is 42.7 Å². The first-order valence-corrected chi connectivity index (χ1v) is 8.89. The fourth-order valence-corrected chi connectivity index (χ4v) is 3.75. The molecular formula is C20H21N3O3. The lowest BCUT2D eigenvalue weighted by molar-refractivity contribution is 0.0841. The molecule has 26 heavy (non-hydrogen) atoms. The van der Waals surface area contributed by atoms with E-state index in [-0.39, 0.29) is 30.1 Å². The molecular weight excluding hydrogens is 330 g/mol. The maximum absolute atomic E-state index is 12.8. The highest BCUT2D eigenvalue weighted by Crippen LogP contribution is 2.34. The minimum Gasteiger partial charge on any atom is -0.373 e. The van der Waals surface area contributed by atoms with Crippen LogP contribution in [0.25, 0.3) is 0 Å². The SMILES string of the molecule is Cc1cccc(C(=O)N[C@@H]2C[C@H]3CC[C@@H]2O3)c1NC(=O)c1ccncc1. The number of aryl methyl sites for hydroxylation is 1. The number of hydrogen-bond acceptors (Lipinski definition) is 4. The van der Waals surface area contributed by atoms with Crippen molar-refractivity contribution in [3.63, 3.8) is 0 Å². The molecule has 6 heteroatoms. The summed E-state index contributed by atoms with van der Waals surface area (Å²) in [5.74, 6) is -0.445. The Kier molecular flexibility index (Phi) is 4.42. The third kappa shape index (κ3) is 3.20. The quantitative estimate of drug-likeness (QED) is 0.887. The second-order valence-corrected chi connectivity index (χ2v) is 6.88. The van der Waals surface area contributed by atoms with Gasteiger partial charge in [0, 0.05) is 18.0 Å². The molecule has 2 aliphatic rings. The monoisotopic (exact) mass is 351 g/mol. The predicted molar refractivity (Wildman–Crippen MR) is 97.1 cm³/mol. The Morgan fingerprint density at radius 1 is 1.12 bits per heavy atom. The van der Waals surface area contributed by atoms with Crippen molar-refractivity contribution < 1.29 is 14.3 Å². The van der Waals surface area contributed by atoms with E-state index in [0.29, 0.717) is 16.8 Å². The number of aromatic nitrogens is 1. The van der Waals surface area contributed by atoms with E-state index in [0.717, 1.165) is 24.8 Å². The second-order valence-electron chi connectivity index (χ2n) is 6.88. The van der Waals surface area contributed by atoms with Gasteiger partial charge in [-0.15, -0.1) is 0 Å². The largest absolute Gasteiger partial charge is 0.373 e. The summed E-state index contributed by atoms with van der Waals surface area (Å²) in [5, 5.41) is 5.96. The lowest BCUT2D eigenvalue weighted by atomic mass is 9.95. The summed E-state index contributed by atoms with van der Waals surface area (Å²) in [5.41, 5.74) is 2.34. The number of rotatable bonds is 4. The first kappa shape index (κ1) is 16.7. The molecule has 4 rings (SSSR count). The van der Waals surface area contributed by atoms with Crippen LogP contribution >= 0.6 is 0 Å². The molecule has 1 aromatic heterocycles. The number of benzene rings is 1. The zero-order chi connectivity index (χ0) is 18.1. The summed E-state index contributed by atoms with van der Waals surface area (Å²) >= 11 is 0. The minimum absolute atomic E-state index is 0.0468. The second kappa shape index (κ2) is 6.88. The number of pyridine rings is 1. The molecule has 134 valence electrons. The van der Waals surface area contributed by atoms with Crippen molar-refractivity contribution in [3.8, 4) is 0 Å². The van der Waals surface area contributed by atoms with Gasteiger partial charge in [-0.05, 0) is 49.9 Å². The Bertz CT molecular complexity index is 837. The van der Waals surface area contributed by atoms with Gasteiger partial charge in [0.2, 0.25) is 0 Å². The maximum atomic E-state index is 12.8. The Balaban J connectivity index is 1.54. The van der Waals surface area contributed by atoms with Crippen molar-refractivity contribution in [2.24, 2.45) is 0 Å². The molecule has 2 saturated heterocycles. The maximum Gasteiger partial charge on any atom is 0.255 e. The van der Waals surface area contributed by atoms with E-state index in [1.165, 1.54) is 0 Å². The molecule has 2 bridgehead atoms. The van der Waals surface area contributed by atoms with E-state index < -0.39 is 0 Å². The zero-order valence-corrected chi connectivity index (χ0v) is 14.6. The van der Waals surface area contributed by atoms with E-state index in [9.17, 15) is 9.59 Å². The van der Waals surface area contributed by atoms with Gasteiger partial charge in [0.25, 0.3) is 11.8 Å². The number of carbonyl (C=O) groups excluding carboxylic acids is 2. The van der Waals surface area contributed by atoms with Crippen molar-refractivity contribution in [3.05, 3.63) is 59.4 Å². The molecule has 0 unspecified atom stereocenters. The number of ether oxygens (including phenoxy) is 1. The van der Waals surface area contributed by atoms with Gasteiger partial charge >= 0.3 is 0 Å². The lowest BCUT2D eigenvalue weighted by Gasteiger charge is -2.21. The van der Waals surface area contributed by atoms with Crippen LogP contribution in [0.5, 0.6) is 0 Å². The predicted octanol–water partition coefficient (Wildman–Crippen LogP) is 2.69. The molecule has 3 atom stereocenters. The van der Waals surface area contributed by atoms with Crippen LogP contribution in [-0.2, 0) is 4.74 Å². The van der Waals surface area contributed by atoms with Crippen molar-refractivity contribution in [1.82, 2.24) is 10.3 Å². The molecule has 2 aromatic rings. The third-order valence-corrected chi connectivity index (χ3v) is 5.12. The molecule has 2 fully saturated rings. The topological polar surface area (TPSA) is 80.3 Å². The van der Waals surface area contributed by atoms with Crippen molar-refractivity contribution in [2.45, 2.75) is 44.4 Å². The van der Waals surface area contributed by atoms with Gasteiger partial charge in [-0.2, -0.15) is 0 Å². The normalized spacial score (nSPS) is 23.7. The van der Waals surface area contributed by atoms with Gasteiger partial charge in [0.15, 0.2) is 0 Å². The average Bonchev–Trinajstić information content (AvgIpc) is 3.27. The molecule has 2 N–H and O–H groups in total. The van der Waals surface area contributed by atoms with E-state index in [1.54, 1.807) is 30.6 Å². The zero-order valence-electron chi connectivity index (χ0n) is 14.6. The standard InChI is InChI=1S/C20H21N3O3/c1-12-3-2-4-15(18(12)23-19(24)13-7-9-21-10-8-13)20(25)22-16-11-14-5-6-17(16)26-14/h2-4,7-10,14,16-17H,5-6,11H2,1H3,(H,22,25)(H,23,24)/t14-,16-,17+/m1/s1. The summed E-state index contributed by atoms with van der Waals surface area (Å²) in [6.07, 6.45) is 6.45. The Morgan fingerprint density at radius 3 is 2.62 bits per heavy atom. The van der Waals surface area contributed by atoms with Gasteiger partial charge < -0.3 is 15.4 Å². The van der Waals surface area contributed by atoms with Crippen LogP contribution in [0.1, 0.15) is 45.5 Å². The fourth-order valence-electron chi connectivity index (χ4n) is 3.75. The van der Waals surface area contributed by atoms with E-state index in [2.05, 4.69) is 15.6 Å². The summed E-state index contributed by atoms with van der Waals surface area (Å²) in [4.78, 5) is 29.3. The summed E-state index contributed by atoms with van der Waals surface area (Å²) in [6.45, 7) is 1.87. The van der Waals surface area contributed by atoms with Crippen LogP contribution in [0.2, 0.25) is 0 Å². The summed E-state index contributed by atoms with van der Waals surface area (Å²) < 4.78 is 5.81.